The van der Waals surface area contributed by atoms with Crippen LogP contribution in [0.15, 0.2) is 0 Å². The lowest BCUT2D eigenvalue weighted by Gasteiger charge is -2.35. The molecule has 11 nitrogen and oxygen atoms in total. The van der Waals surface area contributed by atoms with Gasteiger partial charge in [-0.1, -0.05) is 0 Å². The number of hydrogen-bond acceptors (Lipinski definition) is 9. The molecule has 0 aromatic carbocycles. The Morgan fingerprint density at radius 2 is 1.12 bits per heavy atom. The largest absolute Gasteiger partial charge is 0.467 e. The molecule has 0 unspecified atom stereocenters. The van der Waals surface area contributed by atoms with Crippen LogP contribution in [0.4, 0.5) is 0 Å². The van der Waals surface area contributed by atoms with Crippen molar-refractivity contribution in [2.24, 2.45) is 0 Å². The number of Topliss-reactive ketones (excluding diaryl/α,β-unsaturated/α-hetero) is 1. The van der Waals surface area contributed by atoms with Gasteiger partial charge in [-0.05, 0) is 59.1 Å². The van der Waals surface area contributed by atoms with E-state index in [0.29, 0.717) is 0 Å². The highest BCUT2D eigenvalue weighted by atomic mass is 32.2. The molecule has 0 aromatic rings. The molecule has 0 aliphatic rings. The highest BCUT2D eigenvalue weighted by Crippen LogP contribution is 2.20. The fourth-order valence-electron chi connectivity index (χ4n) is 1.57. The molecule has 0 spiro atoms. The van der Waals surface area contributed by atoms with E-state index in [1.807, 2.05) is 0 Å². The molecule has 0 bridgehead atoms. The number of thiocarbonyl (C=S) groups is 2. The zero-order chi connectivity index (χ0) is 21.0. The average Bonchev–Trinajstić information content (AvgIpc) is 2.31. The topological polar surface area (TPSA) is 151 Å². The van der Waals surface area contributed by atoms with Gasteiger partial charge in [0, 0.05) is 0 Å². The summed E-state index contributed by atoms with van der Waals surface area (Å²) in [7, 11) is -10.6. The van der Waals surface area contributed by atoms with E-state index in [1.165, 1.54) is 27.7 Å². The first kappa shape index (κ1) is 24.9. The maximum absolute atomic E-state index is 12.0. The van der Waals surface area contributed by atoms with E-state index in [9.17, 15) is 30.7 Å². The molecule has 0 saturated heterocycles. The normalized spacial score (nSPS) is 12.2. The fourth-order valence-corrected chi connectivity index (χ4v) is 4.24. The third-order valence-corrected chi connectivity index (χ3v) is 4.88. The van der Waals surface area contributed by atoms with Crippen molar-refractivity contribution >= 4 is 61.2 Å². The molecule has 0 saturated carbocycles. The lowest BCUT2D eigenvalue weighted by molar-refractivity contribution is -0.122. The van der Waals surface area contributed by atoms with Crippen LogP contribution in [0.3, 0.4) is 0 Å². The smallest absolute Gasteiger partial charge is 0.365 e. The number of nitrogens with zero attached hydrogens (tertiary/aromatic N) is 2. The van der Waals surface area contributed by atoms with Gasteiger partial charge in [-0.25, -0.2) is 0 Å². The molecule has 0 rings (SSSR count). The minimum absolute atomic E-state index is 0.200. The minimum atomic E-state index is -5.31. The van der Waals surface area contributed by atoms with Crippen molar-refractivity contribution in [3.05, 3.63) is 0 Å². The van der Waals surface area contributed by atoms with E-state index in [0.717, 1.165) is 6.92 Å². The van der Waals surface area contributed by atoms with Crippen molar-refractivity contribution < 1.29 is 40.2 Å². The standard InChI is InChI=1S/C11H20N2O9S4/c1-6(2)21-10(23)12(25(15,16)17)9(8(5)14)13(26(18,19)20)11(24)22-7(3)4/h6-7,9H,1-5H3,(H,15,16,17)(H,18,19,20). The van der Waals surface area contributed by atoms with Crippen LogP contribution < -0.4 is 0 Å². The van der Waals surface area contributed by atoms with Crippen molar-refractivity contribution in [2.45, 2.75) is 53.0 Å². The number of hydrogen-bond donors (Lipinski definition) is 2. The van der Waals surface area contributed by atoms with Gasteiger partial charge in [0.2, 0.25) is 6.17 Å². The number of rotatable bonds is 7. The molecule has 0 heterocycles. The average molecular weight is 453 g/mol. The summed E-state index contributed by atoms with van der Waals surface area (Å²) in [4.78, 5) is 12.0. The van der Waals surface area contributed by atoms with E-state index in [4.69, 9.17) is 33.9 Å². The van der Waals surface area contributed by atoms with Crippen molar-refractivity contribution in [1.82, 2.24) is 8.61 Å². The summed E-state index contributed by atoms with van der Waals surface area (Å²) in [6.45, 7) is 6.64. The van der Waals surface area contributed by atoms with E-state index in [-0.39, 0.29) is 8.61 Å². The first-order valence-corrected chi connectivity index (χ1v) is 10.6. The molecule has 0 amide bonds. The first-order valence-electron chi connectivity index (χ1n) is 6.95. The zero-order valence-corrected chi connectivity index (χ0v) is 17.8. The summed E-state index contributed by atoms with van der Waals surface area (Å²) in [6, 6.07) is 0. The molecular weight excluding hydrogens is 432 g/mol. The second-order valence-electron chi connectivity index (χ2n) is 5.40. The lowest BCUT2D eigenvalue weighted by atomic mass is 10.3. The van der Waals surface area contributed by atoms with Crippen LogP contribution in [0.25, 0.3) is 0 Å². The molecule has 15 heteroatoms. The minimum Gasteiger partial charge on any atom is -0.467 e. The Morgan fingerprint density at radius 1 is 0.846 bits per heavy atom. The Balaban J connectivity index is 6.49. The second-order valence-corrected chi connectivity index (χ2v) is 8.67. The quantitative estimate of drug-likeness (QED) is 0.316. The zero-order valence-electron chi connectivity index (χ0n) is 14.5. The van der Waals surface area contributed by atoms with Crippen molar-refractivity contribution in [2.75, 3.05) is 0 Å². The molecule has 0 aliphatic carbocycles. The van der Waals surface area contributed by atoms with Gasteiger partial charge >= 0.3 is 20.6 Å². The molecule has 0 aliphatic heterocycles. The van der Waals surface area contributed by atoms with Crippen LogP contribution in [-0.2, 0) is 34.9 Å². The van der Waals surface area contributed by atoms with Crippen molar-refractivity contribution in [3.8, 4) is 0 Å². The van der Waals surface area contributed by atoms with Crippen LogP contribution in [-0.4, -0.2) is 69.1 Å². The Labute approximate surface area is 163 Å². The molecule has 152 valence electrons. The number of carbonyl (C=O) groups excluding carboxylic acids is 1. The van der Waals surface area contributed by atoms with Gasteiger partial charge in [0.05, 0.1) is 12.2 Å². The van der Waals surface area contributed by atoms with Gasteiger partial charge in [-0.2, -0.15) is 25.4 Å². The monoisotopic (exact) mass is 452 g/mol. The third-order valence-electron chi connectivity index (χ3n) is 2.34. The van der Waals surface area contributed by atoms with E-state index in [2.05, 4.69) is 0 Å². The molecule has 0 aromatic heterocycles. The van der Waals surface area contributed by atoms with Gasteiger partial charge in [-0.15, -0.1) is 0 Å². The first-order chi connectivity index (χ1) is 11.5. The van der Waals surface area contributed by atoms with E-state index in [1.54, 1.807) is 0 Å². The van der Waals surface area contributed by atoms with Gasteiger partial charge < -0.3 is 9.47 Å². The summed E-state index contributed by atoms with van der Waals surface area (Å²) >= 11 is 9.47. The Kier molecular flexibility index (Phi) is 8.78. The summed E-state index contributed by atoms with van der Waals surface area (Å²) in [5.74, 6) is -1.16. The molecule has 0 fully saturated rings. The molecule has 0 radical (unpaired) electrons. The SMILES string of the molecule is CC(=O)C(N(C(=S)OC(C)C)S(=O)(=O)O)N(C(=S)OC(C)C)S(=O)(=O)O. The number of ketones is 1. The summed E-state index contributed by atoms with van der Waals surface area (Å²) in [6.07, 6.45) is -3.77. The number of ether oxygens (including phenoxy) is 2. The summed E-state index contributed by atoms with van der Waals surface area (Å²) in [5.41, 5.74) is 0. The fraction of sp³-hybridized carbons (Fsp3) is 0.727. The van der Waals surface area contributed by atoms with Gasteiger partial charge in [0.15, 0.2) is 5.78 Å². The highest BCUT2D eigenvalue weighted by Gasteiger charge is 2.46. The second kappa shape index (κ2) is 9.18. The lowest BCUT2D eigenvalue weighted by Crippen LogP contribution is -2.60. The maximum atomic E-state index is 12.0. The summed E-state index contributed by atoms with van der Waals surface area (Å²) in [5, 5.41) is -1.88. The molecular formula is C11H20N2O9S4. The van der Waals surface area contributed by atoms with Crippen molar-refractivity contribution in [1.29, 1.82) is 0 Å². The Bertz CT molecular complexity index is 703. The number of carbonyl (C=O) groups is 1. The predicted molar refractivity (Wildman–Crippen MR) is 98.9 cm³/mol. The molecule has 26 heavy (non-hydrogen) atoms. The molecule has 0 atom stereocenters. The highest BCUT2D eigenvalue weighted by molar-refractivity contribution is 7.88. The predicted octanol–water partition coefficient (Wildman–Crippen LogP) is 0.531. The maximum Gasteiger partial charge on any atom is 0.365 e. The van der Waals surface area contributed by atoms with Crippen LogP contribution in [0, 0.1) is 0 Å². The van der Waals surface area contributed by atoms with Crippen LogP contribution in [0.1, 0.15) is 34.6 Å². The van der Waals surface area contributed by atoms with Crippen LogP contribution in [0.5, 0.6) is 0 Å². The van der Waals surface area contributed by atoms with E-state index < -0.39 is 55.1 Å². The van der Waals surface area contributed by atoms with Gasteiger partial charge in [0.25, 0.3) is 10.3 Å². The van der Waals surface area contributed by atoms with Gasteiger partial charge in [-0.3, -0.25) is 13.9 Å². The van der Waals surface area contributed by atoms with Gasteiger partial charge in [0.1, 0.15) is 0 Å². The Morgan fingerprint density at radius 3 is 1.27 bits per heavy atom. The molecule has 2 N–H and O–H groups in total. The third kappa shape index (κ3) is 7.24. The Hall–Kier alpha value is -1.13. The van der Waals surface area contributed by atoms with Crippen LogP contribution in [0.2, 0.25) is 0 Å². The van der Waals surface area contributed by atoms with Crippen LogP contribution >= 0.6 is 24.4 Å². The summed E-state index contributed by atoms with van der Waals surface area (Å²) < 4.78 is 75.4. The van der Waals surface area contributed by atoms with Crippen molar-refractivity contribution in [3.63, 3.8) is 0 Å². The van der Waals surface area contributed by atoms with E-state index >= 15 is 0 Å².